The molecule has 0 saturated heterocycles. The first kappa shape index (κ1) is 25.9. The Morgan fingerprint density at radius 2 is 1.71 bits per heavy atom. The van der Waals surface area contributed by atoms with Crippen molar-refractivity contribution in [3.05, 3.63) is 91.3 Å². The van der Waals surface area contributed by atoms with Gasteiger partial charge in [-0.25, -0.2) is 19.1 Å². The van der Waals surface area contributed by atoms with Gasteiger partial charge in [-0.3, -0.25) is 14.3 Å². The van der Waals surface area contributed by atoms with Crippen molar-refractivity contribution in [3.8, 4) is 0 Å². The molecule has 1 aromatic heterocycles. The van der Waals surface area contributed by atoms with E-state index in [0.29, 0.717) is 11.6 Å². The zero-order valence-corrected chi connectivity index (χ0v) is 21.3. The molecule has 0 fully saturated rings. The fourth-order valence-electron chi connectivity index (χ4n) is 3.91. The molecule has 0 bridgehead atoms. The van der Waals surface area contributed by atoms with Crippen LogP contribution < -0.4 is 17.0 Å². The number of carbonyl (C=O) groups excluding carboxylic acids is 1. The molecule has 1 atom stereocenters. The highest BCUT2D eigenvalue weighted by molar-refractivity contribution is 5.71. The molecule has 0 aliphatic carbocycles. The maximum absolute atomic E-state index is 13.5. The lowest BCUT2D eigenvalue weighted by molar-refractivity contribution is -0.145. The van der Waals surface area contributed by atoms with Crippen molar-refractivity contribution in [3.63, 3.8) is 0 Å². The Balaban J connectivity index is 2.15. The normalized spacial score (nSPS) is 12.7. The summed E-state index contributed by atoms with van der Waals surface area (Å²) in [4.78, 5) is 45.6. The first-order valence-corrected chi connectivity index (χ1v) is 11.8. The van der Waals surface area contributed by atoms with E-state index in [-0.39, 0.29) is 18.7 Å². The number of esters is 1. The maximum Gasteiger partial charge on any atom is 0.335 e. The van der Waals surface area contributed by atoms with E-state index in [0.717, 1.165) is 27.7 Å². The van der Waals surface area contributed by atoms with Crippen molar-refractivity contribution >= 4 is 11.7 Å². The van der Waals surface area contributed by atoms with Gasteiger partial charge in [0, 0.05) is 6.54 Å². The first-order valence-electron chi connectivity index (χ1n) is 11.8. The van der Waals surface area contributed by atoms with Crippen LogP contribution in [-0.4, -0.2) is 27.2 Å². The molecule has 0 saturated carbocycles. The van der Waals surface area contributed by atoms with E-state index in [1.165, 1.54) is 17.2 Å². The van der Waals surface area contributed by atoms with Gasteiger partial charge >= 0.3 is 17.3 Å². The third-order valence-electron chi connectivity index (χ3n) is 5.89. The lowest BCUT2D eigenvalue weighted by Gasteiger charge is -2.14. The second-order valence-electron chi connectivity index (χ2n) is 9.46. The number of carbonyl (C=O) groups is 1. The van der Waals surface area contributed by atoms with Crippen LogP contribution in [0.3, 0.4) is 0 Å². The summed E-state index contributed by atoms with van der Waals surface area (Å²) < 4.78 is 7.20. The topological polar surface area (TPSA) is 98.4 Å². The predicted octanol–water partition coefficient (Wildman–Crippen LogP) is 3.24. The molecule has 3 rings (SSSR count). The number of nitrogens with zero attached hydrogens (tertiary/aromatic N) is 3. The van der Waals surface area contributed by atoms with Crippen LogP contribution in [0.25, 0.3) is 0 Å². The molecule has 2 aromatic carbocycles. The molecule has 35 heavy (non-hydrogen) atoms. The van der Waals surface area contributed by atoms with Crippen LogP contribution >= 0.6 is 0 Å². The fraction of sp³-hybridized carbons (Fsp3) is 0.407. The van der Waals surface area contributed by atoms with Crippen molar-refractivity contribution in [2.24, 2.45) is 16.8 Å². The summed E-state index contributed by atoms with van der Waals surface area (Å²) in [6.07, 6.45) is 0.963. The molecule has 8 nitrogen and oxygen atoms in total. The Morgan fingerprint density at radius 3 is 2.31 bits per heavy atom. The number of H-pyrrole nitrogens is 1. The number of hydrogen-bond acceptors (Lipinski definition) is 5. The standard InChI is InChI=1S/C27H34N4O4/c1-17(2)13-22-11-12-23(14-19(22)4)28-25-29-26(33)31(15-20(5)24(32)35-6)27(34)30(25)16-21-9-7-18(3)8-10-21/h7-12,14,17,20H,13,15-16H2,1-6H3,(H,28,29,33)/t20-/m0/s1. The summed E-state index contributed by atoms with van der Waals surface area (Å²) in [6.45, 7) is 10.1. The van der Waals surface area contributed by atoms with Gasteiger partial charge in [0.2, 0.25) is 5.62 Å². The highest BCUT2D eigenvalue weighted by atomic mass is 16.5. The number of aryl methyl sites for hydroxylation is 2. The molecular weight excluding hydrogens is 444 g/mol. The Morgan fingerprint density at radius 1 is 1.03 bits per heavy atom. The molecule has 0 spiro atoms. The van der Waals surface area contributed by atoms with Crippen LogP contribution in [0.4, 0.5) is 5.69 Å². The van der Waals surface area contributed by atoms with Crippen molar-refractivity contribution in [2.45, 2.75) is 54.1 Å². The number of benzene rings is 2. The van der Waals surface area contributed by atoms with Gasteiger partial charge in [-0.05, 0) is 55.0 Å². The lowest BCUT2D eigenvalue weighted by atomic mass is 9.98. The van der Waals surface area contributed by atoms with E-state index in [2.05, 4.69) is 23.8 Å². The average Bonchev–Trinajstić information content (AvgIpc) is 2.81. The summed E-state index contributed by atoms with van der Waals surface area (Å²) in [7, 11) is 1.28. The van der Waals surface area contributed by atoms with E-state index < -0.39 is 23.3 Å². The van der Waals surface area contributed by atoms with Crippen LogP contribution in [0.15, 0.2) is 57.0 Å². The predicted molar refractivity (Wildman–Crippen MR) is 136 cm³/mol. The van der Waals surface area contributed by atoms with E-state index in [9.17, 15) is 14.4 Å². The Kier molecular flexibility index (Phi) is 8.27. The van der Waals surface area contributed by atoms with Gasteiger partial charge in [0.05, 0.1) is 25.3 Å². The summed E-state index contributed by atoms with van der Waals surface area (Å²) >= 11 is 0. The van der Waals surface area contributed by atoms with Crippen molar-refractivity contribution < 1.29 is 9.53 Å². The SMILES string of the molecule is COC(=O)[C@@H](C)Cn1c(=O)[nH]/c(=N\c2ccc(CC(C)C)c(C)c2)n(Cc2ccc(C)cc2)c1=O. The highest BCUT2D eigenvalue weighted by Gasteiger charge is 2.18. The molecular formula is C27H34N4O4. The zero-order chi connectivity index (χ0) is 25.7. The van der Waals surface area contributed by atoms with Gasteiger partial charge in [-0.2, -0.15) is 0 Å². The molecule has 0 aliphatic rings. The van der Waals surface area contributed by atoms with Gasteiger partial charge in [-0.15, -0.1) is 0 Å². The molecule has 186 valence electrons. The minimum atomic E-state index is -0.662. The summed E-state index contributed by atoms with van der Waals surface area (Å²) in [5.74, 6) is -0.623. The Hall–Kier alpha value is -3.68. The molecule has 0 amide bonds. The van der Waals surface area contributed by atoms with Crippen LogP contribution in [0.1, 0.15) is 43.0 Å². The lowest BCUT2D eigenvalue weighted by Crippen LogP contribution is -2.51. The largest absolute Gasteiger partial charge is 0.469 e. The molecule has 8 heteroatoms. The van der Waals surface area contributed by atoms with Gasteiger partial charge in [0.1, 0.15) is 0 Å². The third kappa shape index (κ3) is 6.47. The van der Waals surface area contributed by atoms with Crippen LogP contribution in [0.5, 0.6) is 0 Å². The molecule has 3 aromatic rings. The van der Waals surface area contributed by atoms with Crippen LogP contribution in [-0.2, 0) is 29.0 Å². The van der Waals surface area contributed by atoms with Gasteiger partial charge in [0.25, 0.3) is 0 Å². The number of nitrogens with one attached hydrogen (secondary N) is 1. The van der Waals surface area contributed by atoms with E-state index in [1.807, 2.05) is 56.3 Å². The minimum absolute atomic E-state index is 0.0992. The highest BCUT2D eigenvalue weighted by Crippen LogP contribution is 2.19. The summed E-state index contributed by atoms with van der Waals surface area (Å²) in [5, 5.41) is 0. The summed E-state index contributed by atoms with van der Waals surface area (Å²) in [5.41, 5.74) is 3.96. The second-order valence-corrected chi connectivity index (χ2v) is 9.46. The Bertz CT molecular complexity index is 1380. The van der Waals surface area contributed by atoms with Gasteiger partial charge in [-0.1, -0.05) is 56.7 Å². The van der Waals surface area contributed by atoms with Crippen LogP contribution in [0, 0.1) is 25.7 Å². The van der Waals surface area contributed by atoms with Crippen LogP contribution in [0.2, 0.25) is 0 Å². The molecule has 1 N–H and O–H groups in total. The average molecular weight is 479 g/mol. The maximum atomic E-state index is 13.5. The molecule has 0 unspecified atom stereocenters. The van der Waals surface area contributed by atoms with Gasteiger partial charge in [0.15, 0.2) is 0 Å². The van der Waals surface area contributed by atoms with E-state index >= 15 is 0 Å². The minimum Gasteiger partial charge on any atom is -0.469 e. The first-order chi connectivity index (χ1) is 16.6. The number of hydrogen-bond donors (Lipinski definition) is 1. The number of methoxy groups -OCH3 is 1. The molecule has 0 radical (unpaired) electrons. The molecule has 1 heterocycles. The number of aromatic amines is 1. The fourth-order valence-corrected chi connectivity index (χ4v) is 3.91. The number of aromatic nitrogens is 3. The smallest absolute Gasteiger partial charge is 0.335 e. The van der Waals surface area contributed by atoms with E-state index in [1.54, 1.807) is 6.92 Å². The third-order valence-corrected chi connectivity index (χ3v) is 5.89. The van der Waals surface area contributed by atoms with Gasteiger partial charge < -0.3 is 4.74 Å². The number of rotatable bonds is 8. The zero-order valence-electron chi connectivity index (χ0n) is 21.3. The van der Waals surface area contributed by atoms with Crippen molar-refractivity contribution in [1.29, 1.82) is 0 Å². The molecule has 0 aliphatic heterocycles. The Labute approximate surface area is 204 Å². The number of ether oxygens (including phenoxy) is 1. The van der Waals surface area contributed by atoms with Crippen molar-refractivity contribution in [1.82, 2.24) is 14.1 Å². The quantitative estimate of drug-likeness (QED) is 0.503. The second kappa shape index (κ2) is 11.2. The summed E-state index contributed by atoms with van der Waals surface area (Å²) in [6, 6.07) is 13.7. The van der Waals surface area contributed by atoms with Crippen molar-refractivity contribution in [2.75, 3.05) is 7.11 Å². The monoisotopic (exact) mass is 478 g/mol. The van der Waals surface area contributed by atoms with E-state index in [4.69, 9.17) is 4.74 Å².